The van der Waals surface area contributed by atoms with Gasteiger partial charge in [-0.05, 0) is 44.3 Å². The Morgan fingerprint density at radius 1 is 1.05 bits per heavy atom. The van der Waals surface area contributed by atoms with Crippen LogP contribution in [0.15, 0.2) is 45.6 Å². The van der Waals surface area contributed by atoms with E-state index in [2.05, 4.69) is 4.74 Å². The molecule has 0 bridgehead atoms. The highest BCUT2D eigenvalue weighted by molar-refractivity contribution is 5.90. The molecule has 1 fully saturated rings. The highest BCUT2D eigenvalue weighted by Crippen LogP contribution is 2.43. The van der Waals surface area contributed by atoms with Crippen molar-refractivity contribution in [2.24, 2.45) is 0 Å². The number of piperidine rings is 1. The number of hydrogen-bond acceptors (Lipinski definition) is 8. The van der Waals surface area contributed by atoms with E-state index in [1.807, 2.05) is 0 Å². The Bertz CT molecular complexity index is 1420. The molecule has 2 heterocycles. The van der Waals surface area contributed by atoms with Crippen LogP contribution in [0.2, 0.25) is 0 Å². The van der Waals surface area contributed by atoms with Gasteiger partial charge < -0.3 is 29.0 Å². The van der Waals surface area contributed by atoms with E-state index in [4.69, 9.17) is 9.15 Å². The molecule has 0 radical (unpaired) electrons. The molecule has 1 aliphatic rings. The zero-order valence-corrected chi connectivity index (χ0v) is 19.4. The molecule has 204 valence electrons. The Balaban J connectivity index is 1.83. The first-order chi connectivity index (χ1) is 17.6. The summed E-state index contributed by atoms with van der Waals surface area (Å²) >= 11 is 0. The van der Waals surface area contributed by atoms with Gasteiger partial charge in [0.25, 0.3) is 0 Å². The molecule has 2 atom stereocenters. The van der Waals surface area contributed by atoms with Crippen molar-refractivity contribution < 1.29 is 55.2 Å². The van der Waals surface area contributed by atoms with Crippen LogP contribution in [-0.4, -0.2) is 59.9 Å². The fraction of sp³-hybridized carbons (Fsp3) is 0.333. The summed E-state index contributed by atoms with van der Waals surface area (Å²) in [6, 6.07) is 6.06. The summed E-state index contributed by atoms with van der Waals surface area (Å²) < 4.78 is 90.5. The van der Waals surface area contributed by atoms with Crippen molar-refractivity contribution in [3.63, 3.8) is 0 Å². The van der Waals surface area contributed by atoms with Gasteiger partial charge in [-0.3, -0.25) is 4.79 Å². The van der Waals surface area contributed by atoms with Crippen LogP contribution in [-0.2, 0) is 9.53 Å². The van der Waals surface area contributed by atoms with Crippen molar-refractivity contribution in [3.8, 4) is 28.6 Å². The number of aromatic hydroxyl groups is 2. The number of phenolic OH excluding ortho intramolecular Hbond substituents is 2. The smallest absolute Gasteiger partial charge is 0.507 e. The Morgan fingerprint density at radius 3 is 2.32 bits per heavy atom. The van der Waals surface area contributed by atoms with Gasteiger partial charge in [-0.25, -0.2) is 4.79 Å². The zero-order valence-electron chi connectivity index (χ0n) is 19.4. The molecule has 2 N–H and O–H groups in total. The summed E-state index contributed by atoms with van der Waals surface area (Å²) in [6.07, 6.45) is -11.5. The Labute approximate surface area is 209 Å². The summed E-state index contributed by atoms with van der Waals surface area (Å²) in [5.74, 6) is -5.51. The minimum absolute atomic E-state index is 0.0805. The molecule has 0 unspecified atom stereocenters. The standard InChI is InChI=1S/C24H19F6NO7/c1-31-7-6-13(18(10-31)37-22(35)23(25,26)27)19-14(32)8-15(33)20-16(34)9-17(36-21(19)20)11-2-4-12(5-3-11)38-24(28,29)30/h2-5,8-9,13,18,32-33H,6-7,10H2,1H3/t13-,18+/m0/s1. The van der Waals surface area contributed by atoms with Crippen molar-refractivity contribution in [1.29, 1.82) is 0 Å². The first-order valence-electron chi connectivity index (χ1n) is 11.0. The first kappa shape index (κ1) is 27.1. The van der Waals surface area contributed by atoms with E-state index < -0.39 is 58.6 Å². The topological polar surface area (TPSA) is 109 Å². The van der Waals surface area contributed by atoms with E-state index in [0.717, 1.165) is 36.4 Å². The quantitative estimate of drug-likeness (QED) is 0.359. The number of likely N-dealkylation sites (N-methyl/N-ethyl adjacent to an activating group) is 1. The van der Waals surface area contributed by atoms with E-state index in [0.29, 0.717) is 6.54 Å². The van der Waals surface area contributed by atoms with E-state index in [1.165, 1.54) is 0 Å². The Kier molecular flexibility index (Phi) is 6.95. The van der Waals surface area contributed by atoms with Crippen LogP contribution in [0.4, 0.5) is 26.3 Å². The van der Waals surface area contributed by atoms with Gasteiger partial charge in [0.15, 0.2) is 5.43 Å². The third-order valence-electron chi connectivity index (χ3n) is 5.99. The lowest BCUT2D eigenvalue weighted by atomic mass is 9.85. The van der Waals surface area contributed by atoms with Crippen molar-refractivity contribution in [2.45, 2.75) is 31.0 Å². The predicted octanol–water partition coefficient (Wildman–Crippen LogP) is 4.66. The molecule has 0 aliphatic carbocycles. The number of carbonyl (C=O) groups is 1. The third-order valence-corrected chi connectivity index (χ3v) is 5.99. The first-order valence-corrected chi connectivity index (χ1v) is 11.0. The monoisotopic (exact) mass is 547 g/mol. The number of fused-ring (bicyclic) bond motifs is 1. The second-order valence-corrected chi connectivity index (χ2v) is 8.68. The van der Waals surface area contributed by atoms with Gasteiger partial charge in [0.05, 0.1) is 0 Å². The average molecular weight is 547 g/mol. The molecular weight excluding hydrogens is 528 g/mol. The minimum Gasteiger partial charge on any atom is -0.507 e. The number of alkyl halides is 6. The van der Waals surface area contributed by atoms with Gasteiger partial charge in [-0.15, -0.1) is 13.2 Å². The van der Waals surface area contributed by atoms with Crippen molar-refractivity contribution in [3.05, 3.63) is 52.2 Å². The van der Waals surface area contributed by atoms with Crippen LogP contribution in [0.1, 0.15) is 17.9 Å². The van der Waals surface area contributed by atoms with Crippen LogP contribution < -0.4 is 10.2 Å². The molecule has 1 saturated heterocycles. The Hall–Kier alpha value is -3.94. The second kappa shape index (κ2) is 9.74. The number of ether oxygens (including phenoxy) is 2. The molecule has 0 saturated carbocycles. The molecule has 14 heteroatoms. The number of carbonyl (C=O) groups excluding carboxylic acids is 1. The van der Waals surface area contributed by atoms with Gasteiger partial charge >= 0.3 is 18.5 Å². The molecule has 1 aromatic heterocycles. The molecule has 2 aromatic carbocycles. The molecule has 8 nitrogen and oxygen atoms in total. The average Bonchev–Trinajstić information content (AvgIpc) is 2.78. The SMILES string of the molecule is CN1CC[C@H](c2c(O)cc(O)c3c(=O)cc(-c4ccc(OC(F)(F)F)cc4)oc23)[C@H](OC(=O)C(F)(F)F)C1. The third kappa shape index (κ3) is 5.64. The lowest BCUT2D eigenvalue weighted by Gasteiger charge is -2.36. The minimum atomic E-state index is -5.28. The maximum atomic E-state index is 12.9. The lowest BCUT2D eigenvalue weighted by molar-refractivity contribution is -0.274. The van der Waals surface area contributed by atoms with Crippen LogP contribution in [0.5, 0.6) is 17.2 Å². The van der Waals surface area contributed by atoms with Gasteiger partial charge in [0, 0.05) is 35.7 Å². The number of hydrogen-bond donors (Lipinski definition) is 2. The predicted molar refractivity (Wildman–Crippen MR) is 119 cm³/mol. The maximum Gasteiger partial charge on any atom is 0.573 e. The van der Waals surface area contributed by atoms with Crippen LogP contribution in [0, 0.1) is 0 Å². The van der Waals surface area contributed by atoms with E-state index in [1.54, 1.807) is 11.9 Å². The van der Waals surface area contributed by atoms with Crippen LogP contribution in [0.25, 0.3) is 22.3 Å². The van der Waals surface area contributed by atoms with Gasteiger partial charge in [-0.1, -0.05) is 0 Å². The summed E-state index contributed by atoms with van der Waals surface area (Å²) in [5.41, 5.74) is -1.21. The number of likely N-dealkylation sites (tertiary alicyclic amines) is 1. The maximum absolute atomic E-state index is 12.9. The molecule has 4 rings (SSSR count). The normalized spacial score (nSPS) is 18.9. The van der Waals surface area contributed by atoms with Crippen LogP contribution >= 0.6 is 0 Å². The summed E-state index contributed by atoms with van der Waals surface area (Å²) in [7, 11) is 1.59. The molecule has 38 heavy (non-hydrogen) atoms. The zero-order chi connectivity index (χ0) is 28.0. The molecule has 3 aromatic rings. The number of benzene rings is 2. The second-order valence-electron chi connectivity index (χ2n) is 8.68. The van der Waals surface area contributed by atoms with Crippen molar-refractivity contribution in [1.82, 2.24) is 4.90 Å². The van der Waals surface area contributed by atoms with E-state index in [9.17, 15) is 46.1 Å². The number of rotatable bonds is 4. The molecular formula is C24H19F6NO7. The number of esters is 1. The molecule has 0 amide bonds. The summed E-state index contributed by atoms with van der Waals surface area (Å²) in [5, 5.41) is 20.6. The van der Waals surface area contributed by atoms with Crippen LogP contribution in [0.3, 0.4) is 0 Å². The van der Waals surface area contributed by atoms with Crippen molar-refractivity contribution >= 4 is 16.9 Å². The number of halogens is 6. The van der Waals surface area contributed by atoms with E-state index >= 15 is 0 Å². The van der Waals surface area contributed by atoms with Gasteiger partial charge in [-0.2, -0.15) is 13.2 Å². The number of nitrogens with zero attached hydrogens (tertiary/aromatic N) is 1. The molecule has 1 aliphatic heterocycles. The summed E-state index contributed by atoms with van der Waals surface area (Å²) in [6.45, 7) is 0.177. The number of phenols is 2. The Morgan fingerprint density at radius 2 is 1.71 bits per heavy atom. The largest absolute Gasteiger partial charge is 0.573 e. The highest BCUT2D eigenvalue weighted by Gasteiger charge is 2.45. The van der Waals surface area contributed by atoms with Gasteiger partial charge in [0.1, 0.15) is 40.1 Å². The lowest BCUT2D eigenvalue weighted by Crippen LogP contribution is -2.45. The fourth-order valence-corrected chi connectivity index (χ4v) is 4.37. The summed E-state index contributed by atoms with van der Waals surface area (Å²) in [4.78, 5) is 26.1. The molecule has 0 spiro atoms. The van der Waals surface area contributed by atoms with E-state index in [-0.39, 0.29) is 35.4 Å². The fourth-order valence-electron chi connectivity index (χ4n) is 4.37. The van der Waals surface area contributed by atoms with Crippen molar-refractivity contribution in [2.75, 3.05) is 20.1 Å². The highest BCUT2D eigenvalue weighted by atomic mass is 19.4. The van der Waals surface area contributed by atoms with Gasteiger partial charge in [0.2, 0.25) is 0 Å².